The lowest BCUT2D eigenvalue weighted by Crippen LogP contribution is -1.96. The van der Waals surface area contributed by atoms with Gasteiger partial charge < -0.3 is 9.84 Å². The Hall–Kier alpha value is -1.39. The first-order valence-electron chi connectivity index (χ1n) is 4.59. The Kier molecular flexibility index (Phi) is 3.32. The molecule has 3 nitrogen and oxygen atoms in total. The SMILES string of the molecule is OCc1ccccc1OCc1cncs1. The maximum absolute atomic E-state index is 9.09. The highest BCUT2D eigenvalue weighted by Crippen LogP contribution is 2.19. The van der Waals surface area contributed by atoms with Crippen molar-refractivity contribution in [1.29, 1.82) is 0 Å². The molecule has 15 heavy (non-hydrogen) atoms. The molecule has 0 amide bonds. The summed E-state index contributed by atoms with van der Waals surface area (Å²) in [4.78, 5) is 5.04. The number of hydrogen-bond donors (Lipinski definition) is 1. The Morgan fingerprint density at radius 1 is 1.33 bits per heavy atom. The fourth-order valence-corrected chi connectivity index (χ4v) is 1.74. The van der Waals surface area contributed by atoms with Crippen LogP contribution in [0, 0.1) is 0 Å². The van der Waals surface area contributed by atoms with E-state index >= 15 is 0 Å². The molecule has 1 heterocycles. The van der Waals surface area contributed by atoms with E-state index in [0.717, 1.165) is 16.2 Å². The maximum Gasteiger partial charge on any atom is 0.125 e. The molecular weight excluding hydrogens is 210 g/mol. The average molecular weight is 221 g/mol. The van der Waals surface area contributed by atoms with Crippen LogP contribution in [0.2, 0.25) is 0 Å². The van der Waals surface area contributed by atoms with Crippen LogP contribution in [-0.2, 0) is 13.2 Å². The van der Waals surface area contributed by atoms with E-state index in [1.54, 1.807) is 23.0 Å². The third kappa shape index (κ3) is 2.55. The van der Waals surface area contributed by atoms with Crippen molar-refractivity contribution in [3.05, 3.63) is 46.4 Å². The van der Waals surface area contributed by atoms with Crippen LogP contribution in [0.3, 0.4) is 0 Å². The molecule has 0 aliphatic carbocycles. The van der Waals surface area contributed by atoms with Crippen molar-refractivity contribution in [2.45, 2.75) is 13.2 Å². The lowest BCUT2D eigenvalue weighted by Gasteiger charge is -2.08. The van der Waals surface area contributed by atoms with Gasteiger partial charge in [-0.2, -0.15) is 0 Å². The van der Waals surface area contributed by atoms with Gasteiger partial charge in [-0.05, 0) is 6.07 Å². The van der Waals surface area contributed by atoms with Gasteiger partial charge in [0.05, 0.1) is 17.0 Å². The van der Waals surface area contributed by atoms with Gasteiger partial charge in [0.15, 0.2) is 0 Å². The topological polar surface area (TPSA) is 42.4 Å². The van der Waals surface area contributed by atoms with Gasteiger partial charge in [-0.25, -0.2) is 0 Å². The van der Waals surface area contributed by atoms with Crippen LogP contribution in [0.4, 0.5) is 0 Å². The number of benzene rings is 1. The minimum Gasteiger partial charge on any atom is -0.488 e. The number of para-hydroxylation sites is 1. The van der Waals surface area contributed by atoms with Crippen LogP contribution in [0.5, 0.6) is 5.75 Å². The summed E-state index contributed by atoms with van der Waals surface area (Å²) in [6, 6.07) is 7.47. The van der Waals surface area contributed by atoms with E-state index in [9.17, 15) is 0 Å². The zero-order valence-corrected chi connectivity index (χ0v) is 8.91. The normalized spacial score (nSPS) is 10.2. The van der Waals surface area contributed by atoms with Crippen molar-refractivity contribution in [3.63, 3.8) is 0 Å². The van der Waals surface area contributed by atoms with Crippen molar-refractivity contribution in [2.75, 3.05) is 0 Å². The Balaban J connectivity index is 2.04. The molecule has 78 valence electrons. The van der Waals surface area contributed by atoms with Crippen molar-refractivity contribution in [1.82, 2.24) is 4.98 Å². The zero-order valence-electron chi connectivity index (χ0n) is 8.09. The van der Waals surface area contributed by atoms with Crippen LogP contribution in [0.1, 0.15) is 10.4 Å². The van der Waals surface area contributed by atoms with Gasteiger partial charge >= 0.3 is 0 Å². The molecule has 4 heteroatoms. The lowest BCUT2D eigenvalue weighted by molar-refractivity contribution is 0.260. The predicted molar refractivity (Wildman–Crippen MR) is 58.8 cm³/mol. The van der Waals surface area contributed by atoms with Gasteiger partial charge in [-0.3, -0.25) is 4.98 Å². The minimum atomic E-state index is -0.00113. The summed E-state index contributed by atoms with van der Waals surface area (Å²) in [7, 11) is 0. The lowest BCUT2D eigenvalue weighted by atomic mass is 10.2. The zero-order chi connectivity index (χ0) is 10.5. The van der Waals surface area contributed by atoms with Gasteiger partial charge in [0, 0.05) is 11.8 Å². The second-order valence-electron chi connectivity index (χ2n) is 3.02. The third-order valence-electron chi connectivity index (χ3n) is 2.00. The van der Waals surface area contributed by atoms with Gasteiger partial charge in [-0.15, -0.1) is 11.3 Å². The summed E-state index contributed by atoms with van der Waals surface area (Å²) in [5.41, 5.74) is 2.58. The van der Waals surface area contributed by atoms with E-state index < -0.39 is 0 Å². The Labute approximate surface area is 92.0 Å². The summed E-state index contributed by atoms with van der Waals surface area (Å²) in [6.07, 6.45) is 1.78. The molecule has 0 aliphatic heterocycles. The first kappa shape index (κ1) is 10.1. The third-order valence-corrected chi connectivity index (χ3v) is 2.75. The molecule has 2 rings (SSSR count). The van der Waals surface area contributed by atoms with Gasteiger partial charge in [0.1, 0.15) is 12.4 Å². The average Bonchev–Trinajstić information content (AvgIpc) is 2.79. The quantitative estimate of drug-likeness (QED) is 0.860. The second kappa shape index (κ2) is 4.91. The number of aliphatic hydroxyl groups is 1. The fraction of sp³-hybridized carbons (Fsp3) is 0.182. The Morgan fingerprint density at radius 3 is 2.93 bits per heavy atom. The predicted octanol–water partition coefficient (Wildman–Crippen LogP) is 2.21. The second-order valence-corrected chi connectivity index (χ2v) is 3.99. The number of ether oxygens (including phenoxy) is 1. The molecule has 0 unspecified atom stereocenters. The van der Waals surface area contributed by atoms with Crippen LogP contribution < -0.4 is 4.74 Å². The molecule has 0 fully saturated rings. The van der Waals surface area contributed by atoms with Gasteiger partial charge in [0.25, 0.3) is 0 Å². The molecule has 0 aliphatic rings. The molecule has 0 spiro atoms. The van der Waals surface area contributed by atoms with E-state index in [2.05, 4.69) is 4.98 Å². The largest absolute Gasteiger partial charge is 0.488 e. The minimum absolute atomic E-state index is 0.00113. The van der Waals surface area contributed by atoms with Gasteiger partial charge in [-0.1, -0.05) is 18.2 Å². The van der Waals surface area contributed by atoms with Crippen LogP contribution in [0.25, 0.3) is 0 Å². The highest BCUT2D eigenvalue weighted by molar-refractivity contribution is 7.09. The van der Waals surface area contributed by atoms with E-state index in [0.29, 0.717) is 6.61 Å². The van der Waals surface area contributed by atoms with E-state index in [-0.39, 0.29) is 6.61 Å². The summed E-state index contributed by atoms with van der Waals surface area (Å²) in [5, 5.41) is 9.09. The number of aliphatic hydroxyl groups excluding tert-OH is 1. The monoisotopic (exact) mass is 221 g/mol. The molecule has 0 saturated carbocycles. The van der Waals surface area contributed by atoms with E-state index in [1.807, 2.05) is 24.3 Å². The molecule has 1 N–H and O–H groups in total. The first-order chi connectivity index (χ1) is 7.40. The fourth-order valence-electron chi connectivity index (χ4n) is 1.24. The Bertz CT molecular complexity index is 414. The highest BCUT2D eigenvalue weighted by atomic mass is 32.1. The van der Waals surface area contributed by atoms with Gasteiger partial charge in [0.2, 0.25) is 0 Å². The number of aromatic nitrogens is 1. The summed E-state index contributed by atoms with van der Waals surface area (Å²) < 4.78 is 5.58. The number of nitrogens with zero attached hydrogens (tertiary/aromatic N) is 1. The molecule has 0 atom stereocenters. The molecule has 2 aromatic rings. The molecule has 1 aromatic heterocycles. The molecule has 0 saturated heterocycles. The van der Waals surface area contributed by atoms with Crippen molar-refractivity contribution in [3.8, 4) is 5.75 Å². The van der Waals surface area contributed by atoms with E-state index in [4.69, 9.17) is 9.84 Å². The highest BCUT2D eigenvalue weighted by Gasteiger charge is 2.02. The first-order valence-corrected chi connectivity index (χ1v) is 5.47. The van der Waals surface area contributed by atoms with Crippen LogP contribution in [-0.4, -0.2) is 10.1 Å². The summed E-state index contributed by atoms with van der Waals surface area (Å²) >= 11 is 1.56. The molecule has 0 radical (unpaired) electrons. The van der Waals surface area contributed by atoms with Crippen molar-refractivity contribution >= 4 is 11.3 Å². The smallest absolute Gasteiger partial charge is 0.125 e. The van der Waals surface area contributed by atoms with Crippen molar-refractivity contribution < 1.29 is 9.84 Å². The Morgan fingerprint density at radius 2 is 2.20 bits per heavy atom. The number of thiazole rings is 1. The number of rotatable bonds is 4. The summed E-state index contributed by atoms with van der Waals surface area (Å²) in [5.74, 6) is 0.730. The summed E-state index contributed by atoms with van der Waals surface area (Å²) in [6.45, 7) is 0.501. The number of hydrogen-bond acceptors (Lipinski definition) is 4. The van der Waals surface area contributed by atoms with Crippen molar-refractivity contribution in [2.24, 2.45) is 0 Å². The standard InChI is InChI=1S/C11H11NO2S/c13-6-9-3-1-2-4-11(9)14-7-10-5-12-8-15-10/h1-5,8,13H,6-7H2. The molecule has 1 aromatic carbocycles. The van der Waals surface area contributed by atoms with E-state index in [1.165, 1.54) is 0 Å². The van der Waals surface area contributed by atoms with Crippen LogP contribution >= 0.6 is 11.3 Å². The van der Waals surface area contributed by atoms with Crippen LogP contribution in [0.15, 0.2) is 36.0 Å². The molecular formula is C11H11NO2S. The maximum atomic E-state index is 9.09. The molecule has 0 bridgehead atoms.